The Morgan fingerprint density at radius 1 is 1.08 bits per heavy atom. The summed E-state index contributed by atoms with van der Waals surface area (Å²) in [5.41, 5.74) is 1.77. The Balaban J connectivity index is 1.61. The van der Waals surface area contributed by atoms with E-state index in [2.05, 4.69) is 42.1 Å². The number of Topliss-reactive ketones (excluding diaryl/α,β-unsaturated/α-hetero) is 1. The van der Waals surface area contributed by atoms with Gasteiger partial charge in [-0.1, -0.05) is 81.5 Å². The Labute approximate surface area is 248 Å². The van der Waals surface area contributed by atoms with Crippen molar-refractivity contribution < 1.29 is 24.5 Å². The Bertz CT molecular complexity index is 1590. The van der Waals surface area contributed by atoms with Gasteiger partial charge in [0.05, 0.1) is 23.2 Å². The zero-order chi connectivity index (χ0) is 27.7. The van der Waals surface area contributed by atoms with Crippen molar-refractivity contribution in [2.45, 2.75) is 16.1 Å². The maximum Gasteiger partial charge on any atom is 0.301 e. The number of carbonyl (C=O) groups excluding carboxylic acids is 2. The second kappa shape index (κ2) is 11.5. The maximum atomic E-state index is 13.4. The summed E-state index contributed by atoms with van der Waals surface area (Å²) in [6.07, 6.45) is 0. The van der Waals surface area contributed by atoms with Gasteiger partial charge in [0.1, 0.15) is 5.76 Å². The predicted octanol–water partition coefficient (Wildman–Crippen LogP) is 6.70. The molecular formula is C27H19Br2N3O5S2. The van der Waals surface area contributed by atoms with Crippen molar-refractivity contribution in [1.82, 2.24) is 10.2 Å². The van der Waals surface area contributed by atoms with E-state index in [0.717, 1.165) is 10.0 Å². The molecule has 3 aromatic carbocycles. The number of hydrogen-bond acceptors (Lipinski definition) is 9. The monoisotopic (exact) mass is 687 g/mol. The van der Waals surface area contributed by atoms with Crippen LogP contribution in [0, 0.1) is 0 Å². The van der Waals surface area contributed by atoms with Crippen molar-refractivity contribution >= 4 is 77.5 Å². The molecule has 1 aliphatic heterocycles. The van der Waals surface area contributed by atoms with Crippen LogP contribution in [-0.2, 0) is 15.3 Å². The number of aromatic nitrogens is 2. The van der Waals surface area contributed by atoms with Gasteiger partial charge < -0.3 is 14.9 Å². The highest BCUT2D eigenvalue weighted by atomic mass is 79.9. The molecule has 39 heavy (non-hydrogen) atoms. The molecule has 4 aromatic rings. The lowest BCUT2D eigenvalue weighted by Gasteiger charge is -2.23. The Kier molecular flexibility index (Phi) is 8.08. The Hall–Kier alpha value is -3.19. The first-order valence-corrected chi connectivity index (χ1v) is 14.8. The number of aliphatic hydroxyl groups is 1. The molecule has 8 nitrogen and oxygen atoms in total. The number of halogens is 2. The molecule has 2 N–H and O–H groups in total. The van der Waals surface area contributed by atoms with Gasteiger partial charge in [-0.3, -0.25) is 14.5 Å². The van der Waals surface area contributed by atoms with Gasteiger partial charge in [-0.15, -0.1) is 10.2 Å². The van der Waals surface area contributed by atoms with Gasteiger partial charge in [0.15, 0.2) is 15.8 Å². The third-order valence-electron chi connectivity index (χ3n) is 5.96. The number of methoxy groups -OCH3 is 1. The molecule has 1 fully saturated rings. The fraction of sp³-hybridized carbons (Fsp3) is 0.111. The van der Waals surface area contributed by atoms with E-state index >= 15 is 0 Å². The molecule has 1 unspecified atom stereocenters. The van der Waals surface area contributed by atoms with Crippen LogP contribution in [0.15, 0.2) is 85.6 Å². The maximum absolute atomic E-state index is 13.4. The Morgan fingerprint density at radius 3 is 2.49 bits per heavy atom. The van der Waals surface area contributed by atoms with Crippen LogP contribution in [0.3, 0.4) is 0 Å². The zero-order valence-electron chi connectivity index (χ0n) is 20.2. The highest BCUT2D eigenvalue weighted by molar-refractivity contribution is 9.10. The topological polar surface area (TPSA) is 113 Å². The molecule has 5 rings (SSSR count). The third kappa shape index (κ3) is 5.46. The van der Waals surface area contributed by atoms with Crippen LogP contribution < -0.4 is 9.64 Å². The van der Waals surface area contributed by atoms with E-state index in [1.54, 1.807) is 30.3 Å². The number of benzene rings is 3. The minimum Gasteiger partial charge on any atom is -0.507 e. The highest BCUT2D eigenvalue weighted by Gasteiger charge is 2.48. The van der Waals surface area contributed by atoms with Crippen LogP contribution in [0.4, 0.5) is 5.13 Å². The number of ether oxygens (including phenoxy) is 1. The molecule has 1 amide bonds. The summed E-state index contributed by atoms with van der Waals surface area (Å²) in [5.74, 6) is -1.40. The molecule has 0 spiro atoms. The van der Waals surface area contributed by atoms with Crippen LogP contribution in [0.1, 0.15) is 22.7 Å². The molecule has 0 radical (unpaired) electrons. The predicted molar refractivity (Wildman–Crippen MR) is 157 cm³/mol. The molecule has 12 heteroatoms. The van der Waals surface area contributed by atoms with E-state index in [1.165, 1.54) is 41.2 Å². The van der Waals surface area contributed by atoms with E-state index in [1.807, 2.05) is 30.3 Å². The first-order chi connectivity index (χ1) is 18.8. The summed E-state index contributed by atoms with van der Waals surface area (Å²) in [4.78, 5) is 28.1. The lowest BCUT2D eigenvalue weighted by atomic mass is 9.95. The average Bonchev–Trinajstić information content (AvgIpc) is 3.51. The van der Waals surface area contributed by atoms with Crippen molar-refractivity contribution in [2.75, 3.05) is 12.0 Å². The quantitative estimate of drug-likeness (QED) is 0.0726. The molecular weight excluding hydrogens is 670 g/mol. The van der Waals surface area contributed by atoms with Crippen molar-refractivity contribution in [3.8, 4) is 11.5 Å². The Morgan fingerprint density at radius 2 is 1.79 bits per heavy atom. The van der Waals surface area contributed by atoms with Crippen LogP contribution in [-0.4, -0.2) is 39.2 Å². The summed E-state index contributed by atoms with van der Waals surface area (Å²) in [5, 5.41) is 30.3. The van der Waals surface area contributed by atoms with E-state index in [4.69, 9.17) is 4.74 Å². The van der Waals surface area contributed by atoms with E-state index in [0.29, 0.717) is 25.7 Å². The molecule has 0 aliphatic carbocycles. The molecule has 1 saturated heterocycles. The standard InChI is InChI=1S/C27H19Br2N3O5S2/c1-37-19-12-16(11-18(29)23(19)34)21-20(22(33)15-7-9-17(28)10-8-15)24(35)25(36)32(21)26-30-31-27(39-26)38-13-14-5-3-2-4-6-14/h2-12,21,33-34H,13H2,1H3/b22-20-. The number of phenolic OH excluding ortho intramolecular Hbond substituents is 1. The van der Waals surface area contributed by atoms with Crippen LogP contribution in [0.2, 0.25) is 0 Å². The molecule has 1 aromatic heterocycles. The first-order valence-electron chi connectivity index (χ1n) is 11.4. The minimum absolute atomic E-state index is 0.115. The SMILES string of the molecule is COc1cc(C2/C(=C(/O)c3ccc(Br)cc3)C(=O)C(=O)N2c2nnc(SCc3ccccc3)s2)cc(Br)c1O. The number of anilines is 1. The van der Waals surface area contributed by atoms with Crippen LogP contribution >= 0.6 is 55.0 Å². The summed E-state index contributed by atoms with van der Waals surface area (Å²) >= 11 is 9.32. The first kappa shape index (κ1) is 27.4. The number of hydrogen-bond donors (Lipinski definition) is 2. The van der Waals surface area contributed by atoms with Gasteiger partial charge in [-0.25, -0.2) is 0 Å². The van der Waals surface area contributed by atoms with E-state index < -0.39 is 17.7 Å². The summed E-state index contributed by atoms with van der Waals surface area (Å²) in [6, 6.07) is 18.6. The van der Waals surface area contributed by atoms with Crippen LogP contribution in [0.25, 0.3) is 5.76 Å². The van der Waals surface area contributed by atoms with Gasteiger partial charge in [0.25, 0.3) is 5.78 Å². The number of aliphatic hydroxyl groups excluding tert-OH is 1. The van der Waals surface area contributed by atoms with E-state index in [-0.39, 0.29) is 28.0 Å². The van der Waals surface area contributed by atoms with Crippen LogP contribution in [0.5, 0.6) is 11.5 Å². The molecule has 1 aliphatic rings. The van der Waals surface area contributed by atoms with Gasteiger partial charge >= 0.3 is 5.91 Å². The third-order valence-corrected chi connectivity index (χ3v) is 9.22. The number of aromatic hydroxyl groups is 1. The van der Waals surface area contributed by atoms with Gasteiger partial charge in [0.2, 0.25) is 5.13 Å². The number of thioether (sulfide) groups is 1. The fourth-order valence-electron chi connectivity index (χ4n) is 4.09. The fourth-order valence-corrected chi connectivity index (χ4v) is 6.64. The lowest BCUT2D eigenvalue weighted by molar-refractivity contribution is -0.132. The highest BCUT2D eigenvalue weighted by Crippen LogP contribution is 2.47. The summed E-state index contributed by atoms with van der Waals surface area (Å²) in [7, 11) is 1.39. The normalized spacial score (nSPS) is 16.6. The van der Waals surface area contributed by atoms with Crippen molar-refractivity contribution in [3.05, 3.63) is 97.9 Å². The molecule has 2 heterocycles. The summed E-state index contributed by atoms with van der Waals surface area (Å²) in [6.45, 7) is 0. The number of ketones is 1. The molecule has 0 saturated carbocycles. The molecule has 198 valence electrons. The van der Waals surface area contributed by atoms with Gasteiger partial charge in [-0.05, 0) is 51.3 Å². The summed E-state index contributed by atoms with van der Waals surface area (Å²) < 4.78 is 7.01. The van der Waals surface area contributed by atoms with E-state index in [9.17, 15) is 19.8 Å². The molecule has 1 atom stereocenters. The molecule has 0 bridgehead atoms. The largest absolute Gasteiger partial charge is 0.507 e. The smallest absolute Gasteiger partial charge is 0.301 e. The van der Waals surface area contributed by atoms with Crippen molar-refractivity contribution in [3.63, 3.8) is 0 Å². The number of carbonyl (C=O) groups is 2. The van der Waals surface area contributed by atoms with Gasteiger partial charge in [-0.2, -0.15) is 0 Å². The average molecular weight is 689 g/mol. The number of phenols is 1. The second-order valence-corrected chi connectivity index (χ2v) is 12.3. The van der Waals surface area contributed by atoms with Crippen molar-refractivity contribution in [2.24, 2.45) is 0 Å². The number of rotatable bonds is 7. The van der Waals surface area contributed by atoms with Gasteiger partial charge in [0, 0.05) is 15.8 Å². The number of amides is 1. The minimum atomic E-state index is -1.06. The second-order valence-electron chi connectivity index (χ2n) is 8.35. The lowest BCUT2D eigenvalue weighted by Crippen LogP contribution is -2.29. The number of nitrogens with zero attached hydrogens (tertiary/aromatic N) is 3. The zero-order valence-corrected chi connectivity index (χ0v) is 25.0. The van der Waals surface area contributed by atoms with Crippen molar-refractivity contribution in [1.29, 1.82) is 0 Å².